The number of guanidine groups is 1. The molecule has 0 aliphatic rings. The first kappa shape index (κ1) is 17.5. The lowest BCUT2D eigenvalue weighted by Crippen LogP contribution is -2.38. The lowest BCUT2D eigenvalue weighted by atomic mass is 10.1. The van der Waals surface area contributed by atoms with Gasteiger partial charge < -0.3 is 20.5 Å². The van der Waals surface area contributed by atoms with Crippen LogP contribution in [0, 0.1) is 0 Å². The first-order valence-electron chi connectivity index (χ1n) is 7.95. The van der Waals surface area contributed by atoms with Crippen LogP contribution in [0.4, 0.5) is 0 Å². The van der Waals surface area contributed by atoms with E-state index in [0.717, 1.165) is 30.2 Å². The fourth-order valence-corrected chi connectivity index (χ4v) is 2.16. The molecule has 0 atom stereocenters. The van der Waals surface area contributed by atoms with E-state index in [0.29, 0.717) is 18.7 Å². The molecule has 0 fully saturated rings. The first-order chi connectivity index (χ1) is 11.7. The number of aliphatic imine (C=N–C) groups is 1. The molecule has 7 heteroatoms. The Labute approximate surface area is 141 Å². The standard InChI is InChI=1S/C17H23N5O2/c1-3-19-17(21-12-15-8-10-24-22-15)20-9-7-13-5-4-6-14(11-13)16(23)18-2/h4-6,8,10-11H,3,7,9,12H2,1-2H3,(H,18,23)(H2,19,20,21). The van der Waals surface area contributed by atoms with Gasteiger partial charge in [-0.25, -0.2) is 4.99 Å². The van der Waals surface area contributed by atoms with Crippen LogP contribution in [0.15, 0.2) is 46.1 Å². The Morgan fingerprint density at radius 2 is 2.17 bits per heavy atom. The maximum atomic E-state index is 11.7. The molecule has 1 amide bonds. The highest BCUT2D eigenvalue weighted by molar-refractivity contribution is 5.94. The quantitative estimate of drug-likeness (QED) is 0.526. The smallest absolute Gasteiger partial charge is 0.251 e. The number of carbonyl (C=O) groups excluding carboxylic acids is 1. The number of nitrogens with zero attached hydrogens (tertiary/aromatic N) is 2. The monoisotopic (exact) mass is 329 g/mol. The largest absolute Gasteiger partial charge is 0.364 e. The van der Waals surface area contributed by atoms with Gasteiger partial charge in [-0.3, -0.25) is 4.79 Å². The molecule has 0 bridgehead atoms. The average Bonchev–Trinajstić information content (AvgIpc) is 3.12. The summed E-state index contributed by atoms with van der Waals surface area (Å²) in [5, 5.41) is 12.9. The molecule has 0 saturated carbocycles. The zero-order valence-electron chi connectivity index (χ0n) is 14.0. The second-order valence-electron chi connectivity index (χ2n) is 5.14. The Balaban J connectivity index is 1.88. The molecule has 0 radical (unpaired) electrons. The van der Waals surface area contributed by atoms with Crippen LogP contribution in [0.25, 0.3) is 0 Å². The third kappa shape index (κ3) is 5.42. The molecule has 0 aliphatic carbocycles. The van der Waals surface area contributed by atoms with Gasteiger partial charge in [0.05, 0.1) is 6.54 Å². The third-order valence-corrected chi connectivity index (χ3v) is 3.36. The van der Waals surface area contributed by atoms with Crippen molar-refractivity contribution >= 4 is 11.9 Å². The molecule has 2 aromatic rings. The van der Waals surface area contributed by atoms with Crippen molar-refractivity contribution in [3.8, 4) is 0 Å². The number of nitrogens with one attached hydrogen (secondary N) is 3. The summed E-state index contributed by atoms with van der Waals surface area (Å²) in [7, 11) is 1.63. The fraction of sp³-hybridized carbons (Fsp3) is 0.353. The summed E-state index contributed by atoms with van der Waals surface area (Å²) in [6.45, 7) is 3.96. The maximum absolute atomic E-state index is 11.7. The SMILES string of the molecule is CCNC(=NCc1ccon1)NCCc1cccc(C(=O)NC)c1. The van der Waals surface area contributed by atoms with Crippen LogP contribution in [-0.4, -0.2) is 37.2 Å². The number of hydrogen-bond acceptors (Lipinski definition) is 4. The number of benzene rings is 1. The van der Waals surface area contributed by atoms with Crippen LogP contribution in [0.1, 0.15) is 28.5 Å². The summed E-state index contributed by atoms with van der Waals surface area (Å²) >= 11 is 0. The van der Waals surface area contributed by atoms with E-state index in [1.54, 1.807) is 19.2 Å². The zero-order chi connectivity index (χ0) is 17.2. The van der Waals surface area contributed by atoms with Crippen molar-refractivity contribution in [1.82, 2.24) is 21.1 Å². The van der Waals surface area contributed by atoms with Crippen LogP contribution < -0.4 is 16.0 Å². The number of rotatable bonds is 7. The second-order valence-corrected chi connectivity index (χ2v) is 5.14. The van der Waals surface area contributed by atoms with Gasteiger partial charge in [0, 0.05) is 31.8 Å². The molecule has 0 unspecified atom stereocenters. The molecule has 1 aromatic heterocycles. The molecular formula is C17H23N5O2. The topological polar surface area (TPSA) is 91.6 Å². The minimum Gasteiger partial charge on any atom is -0.364 e. The van der Waals surface area contributed by atoms with Gasteiger partial charge in [0.2, 0.25) is 0 Å². The van der Waals surface area contributed by atoms with Gasteiger partial charge in [0.1, 0.15) is 12.0 Å². The van der Waals surface area contributed by atoms with Crippen LogP contribution >= 0.6 is 0 Å². The zero-order valence-corrected chi connectivity index (χ0v) is 14.0. The van der Waals surface area contributed by atoms with Crippen molar-refractivity contribution in [1.29, 1.82) is 0 Å². The number of amides is 1. The van der Waals surface area contributed by atoms with Crippen molar-refractivity contribution in [2.24, 2.45) is 4.99 Å². The summed E-state index contributed by atoms with van der Waals surface area (Å²) in [4.78, 5) is 16.1. The fourth-order valence-electron chi connectivity index (χ4n) is 2.16. The van der Waals surface area contributed by atoms with Gasteiger partial charge in [0.15, 0.2) is 5.96 Å². The van der Waals surface area contributed by atoms with E-state index in [1.807, 2.05) is 25.1 Å². The second kappa shape index (κ2) is 9.34. The van der Waals surface area contributed by atoms with Crippen molar-refractivity contribution in [2.45, 2.75) is 19.9 Å². The predicted octanol–water partition coefficient (Wildman–Crippen LogP) is 1.33. The molecule has 3 N–H and O–H groups in total. The molecule has 1 aromatic carbocycles. The summed E-state index contributed by atoms with van der Waals surface area (Å²) in [6.07, 6.45) is 2.32. The van der Waals surface area contributed by atoms with E-state index in [9.17, 15) is 4.79 Å². The Kier molecular flexibility index (Phi) is 6.82. The number of aromatic nitrogens is 1. The van der Waals surface area contributed by atoms with Gasteiger partial charge in [-0.1, -0.05) is 17.3 Å². The summed E-state index contributed by atoms with van der Waals surface area (Å²) in [5.41, 5.74) is 2.54. The highest BCUT2D eigenvalue weighted by Gasteiger charge is 2.04. The Hall–Kier alpha value is -2.83. The van der Waals surface area contributed by atoms with Crippen molar-refractivity contribution in [3.05, 3.63) is 53.4 Å². The Bertz CT molecular complexity index is 667. The van der Waals surface area contributed by atoms with Gasteiger partial charge in [0.25, 0.3) is 5.91 Å². The number of hydrogen-bond donors (Lipinski definition) is 3. The molecule has 128 valence electrons. The highest BCUT2D eigenvalue weighted by atomic mass is 16.5. The summed E-state index contributed by atoms with van der Waals surface area (Å²) in [6, 6.07) is 9.40. The van der Waals surface area contributed by atoms with Crippen LogP contribution in [0.5, 0.6) is 0 Å². The lowest BCUT2D eigenvalue weighted by molar-refractivity contribution is 0.0963. The molecular weight excluding hydrogens is 306 g/mol. The van der Waals surface area contributed by atoms with Crippen molar-refractivity contribution in [2.75, 3.05) is 20.1 Å². The van der Waals surface area contributed by atoms with E-state index in [2.05, 4.69) is 26.1 Å². The van der Waals surface area contributed by atoms with Gasteiger partial charge in [-0.05, 0) is 31.0 Å². The maximum Gasteiger partial charge on any atom is 0.251 e. The molecule has 24 heavy (non-hydrogen) atoms. The van der Waals surface area contributed by atoms with E-state index < -0.39 is 0 Å². The Morgan fingerprint density at radius 3 is 2.88 bits per heavy atom. The molecule has 7 nitrogen and oxygen atoms in total. The molecule has 0 aliphatic heterocycles. The van der Waals surface area contributed by atoms with Crippen molar-refractivity contribution < 1.29 is 9.32 Å². The minimum absolute atomic E-state index is 0.0766. The summed E-state index contributed by atoms with van der Waals surface area (Å²) < 4.78 is 4.79. The van der Waals surface area contributed by atoms with Crippen LogP contribution in [0.2, 0.25) is 0 Å². The van der Waals surface area contributed by atoms with E-state index in [-0.39, 0.29) is 5.91 Å². The minimum atomic E-state index is -0.0766. The van der Waals surface area contributed by atoms with Crippen LogP contribution in [0.3, 0.4) is 0 Å². The third-order valence-electron chi connectivity index (χ3n) is 3.36. The van der Waals surface area contributed by atoms with E-state index in [1.165, 1.54) is 6.26 Å². The molecule has 2 rings (SSSR count). The van der Waals surface area contributed by atoms with Crippen molar-refractivity contribution in [3.63, 3.8) is 0 Å². The van der Waals surface area contributed by atoms with Gasteiger partial charge in [-0.15, -0.1) is 0 Å². The first-order valence-corrected chi connectivity index (χ1v) is 7.95. The van der Waals surface area contributed by atoms with E-state index in [4.69, 9.17) is 4.52 Å². The highest BCUT2D eigenvalue weighted by Crippen LogP contribution is 2.05. The normalized spacial score (nSPS) is 11.2. The number of carbonyl (C=O) groups is 1. The van der Waals surface area contributed by atoms with Crippen LogP contribution in [-0.2, 0) is 13.0 Å². The summed E-state index contributed by atoms with van der Waals surface area (Å²) in [5.74, 6) is 0.648. The lowest BCUT2D eigenvalue weighted by Gasteiger charge is -2.11. The molecule has 0 spiro atoms. The Morgan fingerprint density at radius 1 is 1.29 bits per heavy atom. The molecule has 1 heterocycles. The average molecular weight is 329 g/mol. The molecule has 0 saturated heterocycles. The van der Waals surface area contributed by atoms with Gasteiger partial charge in [-0.2, -0.15) is 0 Å². The van der Waals surface area contributed by atoms with E-state index >= 15 is 0 Å². The predicted molar refractivity (Wildman–Crippen MR) is 92.9 cm³/mol. The van der Waals surface area contributed by atoms with Gasteiger partial charge >= 0.3 is 0 Å².